The van der Waals surface area contributed by atoms with Crippen LogP contribution in [0, 0.1) is 17.8 Å². The second kappa shape index (κ2) is 3.58. The normalized spacial score (nSPS) is 15.8. The molecular formula is C8H13FO. The predicted octanol–water partition coefficient (Wildman–Crippen LogP) is 1.37. The number of rotatable bonds is 1. The van der Waals surface area contributed by atoms with Gasteiger partial charge in [0.15, 0.2) is 5.60 Å². The molecule has 58 valence electrons. The van der Waals surface area contributed by atoms with E-state index in [-0.39, 0.29) is 5.92 Å². The highest BCUT2D eigenvalue weighted by Gasteiger charge is 2.15. The second-order valence-corrected chi connectivity index (χ2v) is 2.83. The Kier molecular flexibility index (Phi) is 3.38. The first-order valence-electron chi connectivity index (χ1n) is 3.29. The van der Waals surface area contributed by atoms with Crippen LogP contribution in [0.4, 0.5) is 4.39 Å². The second-order valence-electron chi connectivity index (χ2n) is 2.83. The minimum Gasteiger partial charge on any atom is -0.375 e. The SMILES string of the molecule is CC(C)C#CC(C)(O)CF. The Labute approximate surface area is 61.3 Å². The maximum atomic E-state index is 11.9. The molecule has 0 aliphatic carbocycles. The molecule has 0 amide bonds. The molecule has 1 unspecified atom stereocenters. The van der Waals surface area contributed by atoms with Crippen LogP contribution in [-0.2, 0) is 0 Å². The minimum atomic E-state index is -1.45. The van der Waals surface area contributed by atoms with Crippen molar-refractivity contribution in [2.24, 2.45) is 5.92 Å². The van der Waals surface area contributed by atoms with Crippen molar-refractivity contribution >= 4 is 0 Å². The molecule has 1 N–H and O–H groups in total. The van der Waals surface area contributed by atoms with E-state index in [9.17, 15) is 4.39 Å². The molecule has 10 heavy (non-hydrogen) atoms. The highest BCUT2D eigenvalue weighted by molar-refractivity contribution is 5.13. The molecule has 0 heterocycles. The zero-order chi connectivity index (χ0) is 8.20. The lowest BCUT2D eigenvalue weighted by atomic mass is 10.1. The van der Waals surface area contributed by atoms with Gasteiger partial charge in [-0.05, 0) is 6.92 Å². The van der Waals surface area contributed by atoms with Crippen LogP contribution >= 0.6 is 0 Å². The van der Waals surface area contributed by atoms with Gasteiger partial charge in [-0.3, -0.25) is 0 Å². The fraction of sp³-hybridized carbons (Fsp3) is 0.750. The van der Waals surface area contributed by atoms with Crippen molar-refractivity contribution in [3.63, 3.8) is 0 Å². The Balaban J connectivity index is 4.02. The number of hydrogen-bond acceptors (Lipinski definition) is 1. The summed E-state index contributed by atoms with van der Waals surface area (Å²) in [4.78, 5) is 0. The van der Waals surface area contributed by atoms with E-state index >= 15 is 0 Å². The minimum absolute atomic E-state index is 0.179. The topological polar surface area (TPSA) is 20.2 Å². The van der Waals surface area contributed by atoms with E-state index in [0.29, 0.717) is 0 Å². The van der Waals surface area contributed by atoms with E-state index < -0.39 is 12.3 Å². The Morgan fingerprint density at radius 1 is 1.60 bits per heavy atom. The van der Waals surface area contributed by atoms with Crippen molar-refractivity contribution in [3.8, 4) is 11.8 Å². The molecule has 0 bridgehead atoms. The van der Waals surface area contributed by atoms with Crippen LogP contribution in [0.5, 0.6) is 0 Å². The maximum Gasteiger partial charge on any atom is 0.150 e. The van der Waals surface area contributed by atoms with Gasteiger partial charge in [0.25, 0.3) is 0 Å². The molecule has 0 aliphatic rings. The summed E-state index contributed by atoms with van der Waals surface area (Å²) >= 11 is 0. The molecule has 0 rings (SSSR count). The Morgan fingerprint density at radius 2 is 2.10 bits per heavy atom. The Bertz CT molecular complexity index is 150. The lowest BCUT2D eigenvalue weighted by Crippen LogP contribution is -2.24. The molecule has 0 saturated carbocycles. The summed E-state index contributed by atoms with van der Waals surface area (Å²) in [6.07, 6.45) is 0. The summed E-state index contributed by atoms with van der Waals surface area (Å²) in [5.41, 5.74) is -1.45. The fourth-order valence-corrected chi connectivity index (χ4v) is 0.333. The number of halogens is 1. The molecule has 0 fully saturated rings. The van der Waals surface area contributed by atoms with Crippen LogP contribution in [0.15, 0.2) is 0 Å². The van der Waals surface area contributed by atoms with Gasteiger partial charge in [0.05, 0.1) is 0 Å². The van der Waals surface area contributed by atoms with Crippen LogP contribution in [0.25, 0.3) is 0 Å². The third kappa shape index (κ3) is 4.34. The molecule has 1 atom stereocenters. The van der Waals surface area contributed by atoms with E-state index in [0.717, 1.165) is 0 Å². The monoisotopic (exact) mass is 144 g/mol. The van der Waals surface area contributed by atoms with Crippen molar-refractivity contribution in [1.29, 1.82) is 0 Å². The zero-order valence-corrected chi connectivity index (χ0v) is 6.61. The summed E-state index contributed by atoms with van der Waals surface area (Å²) in [5, 5.41) is 9.02. The smallest absolute Gasteiger partial charge is 0.150 e. The number of hydrogen-bond donors (Lipinski definition) is 1. The van der Waals surface area contributed by atoms with Gasteiger partial charge in [0.1, 0.15) is 6.67 Å². The van der Waals surface area contributed by atoms with E-state index in [1.165, 1.54) is 6.92 Å². The van der Waals surface area contributed by atoms with Crippen LogP contribution in [-0.4, -0.2) is 17.4 Å². The van der Waals surface area contributed by atoms with Gasteiger partial charge in [-0.2, -0.15) is 0 Å². The van der Waals surface area contributed by atoms with Gasteiger partial charge < -0.3 is 5.11 Å². The lowest BCUT2D eigenvalue weighted by molar-refractivity contribution is 0.0903. The molecule has 2 heteroatoms. The van der Waals surface area contributed by atoms with Crippen molar-refractivity contribution in [1.82, 2.24) is 0 Å². The van der Waals surface area contributed by atoms with E-state index in [4.69, 9.17) is 5.11 Å². The van der Waals surface area contributed by atoms with Crippen LogP contribution < -0.4 is 0 Å². The molecule has 0 spiro atoms. The lowest BCUT2D eigenvalue weighted by Gasteiger charge is -2.09. The Morgan fingerprint density at radius 3 is 2.40 bits per heavy atom. The molecule has 0 aliphatic heterocycles. The Hall–Kier alpha value is -0.550. The highest BCUT2D eigenvalue weighted by Crippen LogP contribution is 2.01. The van der Waals surface area contributed by atoms with Gasteiger partial charge in [0.2, 0.25) is 0 Å². The first-order chi connectivity index (χ1) is 4.48. The van der Waals surface area contributed by atoms with Crippen molar-refractivity contribution in [3.05, 3.63) is 0 Å². The number of alkyl halides is 1. The fourth-order valence-electron chi connectivity index (χ4n) is 0.333. The van der Waals surface area contributed by atoms with E-state index in [2.05, 4.69) is 11.8 Å². The van der Waals surface area contributed by atoms with Crippen LogP contribution in [0.1, 0.15) is 20.8 Å². The first-order valence-corrected chi connectivity index (χ1v) is 3.29. The summed E-state index contributed by atoms with van der Waals surface area (Å²) < 4.78 is 11.9. The highest BCUT2D eigenvalue weighted by atomic mass is 19.1. The molecule has 0 aromatic heterocycles. The third-order valence-electron chi connectivity index (χ3n) is 0.890. The molecule has 0 aromatic rings. The van der Waals surface area contributed by atoms with Gasteiger partial charge in [-0.1, -0.05) is 25.7 Å². The summed E-state index contributed by atoms with van der Waals surface area (Å²) in [5.74, 6) is 5.31. The third-order valence-corrected chi connectivity index (χ3v) is 0.890. The average molecular weight is 144 g/mol. The number of aliphatic hydroxyl groups is 1. The molecular weight excluding hydrogens is 131 g/mol. The first kappa shape index (κ1) is 9.45. The summed E-state index contributed by atoms with van der Waals surface area (Å²) in [7, 11) is 0. The molecule has 1 nitrogen and oxygen atoms in total. The largest absolute Gasteiger partial charge is 0.375 e. The molecule has 0 radical (unpaired) electrons. The quantitative estimate of drug-likeness (QED) is 0.551. The maximum absolute atomic E-state index is 11.9. The molecule has 0 saturated heterocycles. The van der Waals surface area contributed by atoms with E-state index in [1.54, 1.807) is 0 Å². The van der Waals surface area contributed by atoms with Gasteiger partial charge in [-0.25, -0.2) is 4.39 Å². The summed E-state index contributed by atoms with van der Waals surface area (Å²) in [6, 6.07) is 0. The van der Waals surface area contributed by atoms with Gasteiger partial charge in [0, 0.05) is 5.92 Å². The van der Waals surface area contributed by atoms with Gasteiger partial charge in [-0.15, -0.1) is 0 Å². The summed E-state index contributed by atoms with van der Waals surface area (Å²) in [6.45, 7) is 4.33. The van der Waals surface area contributed by atoms with Crippen LogP contribution in [0.2, 0.25) is 0 Å². The van der Waals surface area contributed by atoms with Crippen molar-refractivity contribution < 1.29 is 9.50 Å². The van der Waals surface area contributed by atoms with Gasteiger partial charge >= 0.3 is 0 Å². The predicted molar refractivity (Wildman–Crippen MR) is 39.2 cm³/mol. The van der Waals surface area contributed by atoms with Crippen molar-refractivity contribution in [2.75, 3.05) is 6.67 Å². The average Bonchev–Trinajstić information content (AvgIpc) is 1.85. The van der Waals surface area contributed by atoms with E-state index in [1.807, 2.05) is 13.8 Å². The zero-order valence-electron chi connectivity index (χ0n) is 6.61. The standard InChI is InChI=1S/C8H13FO/c1-7(2)4-5-8(3,10)6-9/h7,10H,6H2,1-3H3. The molecule has 0 aromatic carbocycles. The van der Waals surface area contributed by atoms with Crippen molar-refractivity contribution in [2.45, 2.75) is 26.4 Å². The van der Waals surface area contributed by atoms with Crippen LogP contribution in [0.3, 0.4) is 0 Å².